The van der Waals surface area contributed by atoms with E-state index in [1.54, 1.807) is 0 Å². The number of benzene rings is 1. The Hall–Kier alpha value is -1.96. The monoisotopic (exact) mass is 307 g/mol. The van der Waals surface area contributed by atoms with Gasteiger partial charge >= 0.3 is 11.9 Å². The van der Waals surface area contributed by atoms with E-state index in [9.17, 15) is 9.59 Å². The predicted octanol–water partition coefficient (Wildman–Crippen LogP) is 0.852. The first-order chi connectivity index (χ1) is 10.4. The Balaban J connectivity index is 1.59. The highest BCUT2D eigenvalue weighted by molar-refractivity contribution is 5.95. The molecule has 3 aliphatic heterocycles. The van der Waals surface area contributed by atoms with Crippen LogP contribution in [0.2, 0.25) is 0 Å². The van der Waals surface area contributed by atoms with Crippen LogP contribution in [0.25, 0.3) is 0 Å². The number of hydrogen-bond acceptors (Lipinski definition) is 5. The molecule has 3 aliphatic rings. The topological polar surface area (TPSA) is 94.1 Å². The summed E-state index contributed by atoms with van der Waals surface area (Å²) in [7, 11) is 0. The van der Waals surface area contributed by atoms with Gasteiger partial charge in [0.25, 0.3) is 5.91 Å². The molecule has 0 unspecified atom stereocenters. The first kappa shape index (κ1) is 15.0. The van der Waals surface area contributed by atoms with Crippen molar-refractivity contribution in [3.8, 4) is 0 Å². The molecule has 3 saturated heterocycles. The average molecular weight is 307 g/mol. The number of fused-ring (bicyclic) bond motifs is 3. The van der Waals surface area contributed by atoms with Crippen LogP contribution in [0.3, 0.4) is 0 Å². The van der Waals surface area contributed by atoms with E-state index in [0.29, 0.717) is 25.4 Å². The molecule has 0 aromatic heterocycles. The maximum Gasteiger partial charge on any atom is 0.335 e. The Morgan fingerprint density at radius 1 is 1.09 bits per heavy atom. The van der Waals surface area contributed by atoms with Crippen LogP contribution < -0.4 is 5.32 Å². The maximum atomic E-state index is 12.1. The van der Waals surface area contributed by atoms with Crippen LogP contribution in [0.1, 0.15) is 27.6 Å². The lowest BCUT2D eigenvalue weighted by molar-refractivity contribution is -0.461. The van der Waals surface area contributed by atoms with Crippen molar-refractivity contribution >= 4 is 11.9 Å². The molecule has 0 saturated carbocycles. The normalized spacial score (nSPS) is 30.0. The smallest absolute Gasteiger partial charge is 0.335 e. The summed E-state index contributed by atoms with van der Waals surface area (Å²) in [6, 6.07) is 5.67. The van der Waals surface area contributed by atoms with Gasteiger partial charge in [0.2, 0.25) is 0 Å². The number of aromatic carboxylic acids is 1. The Bertz CT molecular complexity index is 572. The number of nitrogens with one attached hydrogen (secondary N) is 1. The van der Waals surface area contributed by atoms with Crippen LogP contribution >= 0.6 is 0 Å². The number of carbonyl (C=O) groups is 2. The fraction of sp³-hybridized carbons (Fsp3) is 0.467. The van der Waals surface area contributed by atoms with E-state index in [1.807, 2.05) is 6.92 Å². The first-order valence-corrected chi connectivity index (χ1v) is 6.95. The molecule has 1 aromatic rings. The molecule has 2 bridgehead atoms. The Kier molecular flexibility index (Phi) is 3.64. The number of hydrogen-bond donors (Lipinski definition) is 2. The van der Waals surface area contributed by atoms with E-state index in [0.717, 1.165) is 0 Å². The molecule has 1 aromatic carbocycles. The van der Waals surface area contributed by atoms with Gasteiger partial charge in [0.15, 0.2) is 0 Å². The van der Waals surface area contributed by atoms with Crippen molar-refractivity contribution in [1.29, 1.82) is 0 Å². The summed E-state index contributed by atoms with van der Waals surface area (Å²) < 4.78 is 16.7. The molecule has 0 radical (unpaired) electrons. The Morgan fingerprint density at radius 2 is 1.59 bits per heavy atom. The quantitative estimate of drug-likeness (QED) is 0.856. The van der Waals surface area contributed by atoms with Gasteiger partial charge in [-0.2, -0.15) is 0 Å². The van der Waals surface area contributed by atoms with Gasteiger partial charge in [0, 0.05) is 11.0 Å². The minimum absolute atomic E-state index is 0.0720. The number of ether oxygens (including phenoxy) is 3. The third-order valence-electron chi connectivity index (χ3n) is 3.78. The minimum atomic E-state index is -1.21. The number of rotatable bonds is 4. The van der Waals surface area contributed by atoms with Crippen LogP contribution in [0.15, 0.2) is 24.3 Å². The van der Waals surface area contributed by atoms with Gasteiger partial charge in [-0.1, -0.05) is 6.92 Å². The summed E-state index contributed by atoms with van der Waals surface area (Å²) in [5, 5.41) is 11.5. The van der Waals surface area contributed by atoms with Gasteiger partial charge < -0.3 is 24.6 Å². The number of carboxylic acid groups (broad SMARTS) is 1. The number of amides is 1. The molecule has 0 aliphatic carbocycles. The van der Waals surface area contributed by atoms with Crippen LogP contribution in [0.4, 0.5) is 0 Å². The molecule has 2 N–H and O–H groups in total. The van der Waals surface area contributed by atoms with Crippen LogP contribution in [-0.4, -0.2) is 49.3 Å². The van der Waals surface area contributed by atoms with Crippen LogP contribution in [0.5, 0.6) is 0 Å². The third-order valence-corrected chi connectivity index (χ3v) is 3.78. The highest BCUT2D eigenvalue weighted by Crippen LogP contribution is 2.37. The van der Waals surface area contributed by atoms with E-state index in [4.69, 9.17) is 19.3 Å². The molecular weight excluding hydrogens is 290 g/mol. The molecule has 0 atom stereocenters. The van der Waals surface area contributed by atoms with Crippen molar-refractivity contribution in [1.82, 2.24) is 5.32 Å². The Labute approximate surface area is 127 Å². The van der Waals surface area contributed by atoms with E-state index in [1.165, 1.54) is 24.3 Å². The van der Waals surface area contributed by atoms with Crippen molar-refractivity contribution in [3.05, 3.63) is 35.4 Å². The molecule has 118 valence electrons. The van der Waals surface area contributed by atoms with Crippen molar-refractivity contribution in [2.45, 2.75) is 12.9 Å². The zero-order chi connectivity index (χ0) is 15.8. The molecule has 0 spiro atoms. The fourth-order valence-corrected chi connectivity index (χ4v) is 2.31. The lowest BCUT2D eigenvalue weighted by Crippen LogP contribution is -2.62. The fourth-order valence-electron chi connectivity index (χ4n) is 2.31. The maximum absolute atomic E-state index is 12.1. The van der Waals surface area contributed by atoms with E-state index in [2.05, 4.69) is 5.32 Å². The van der Waals surface area contributed by atoms with Crippen molar-refractivity contribution in [2.75, 3.05) is 26.4 Å². The highest BCUT2D eigenvalue weighted by atomic mass is 16.9. The standard InChI is InChI=1S/C15H17NO6/c1-14-7-20-15(21-8-14,22-9-14)6-16-12(17)10-2-4-11(5-3-10)13(18)19/h2-5H,6-9H2,1H3,(H,16,17)(H,18,19). The van der Waals surface area contributed by atoms with Crippen molar-refractivity contribution < 1.29 is 28.9 Å². The molecule has 3 heterocycles. The highest BCUT2D eigenvalue weighted by Gasteiger charge is 2.50. The second-order valence-electron chi connectivity index (χ2n) is 5.92. The predicted molar refractivity (Wildman–Crippen MR) is 74.4 cm³/mol. The first-order valence-electron chi connectivity index (χ1n) is 6.95. The van der Waals surface area contributed by atoms with Crippen molar-refractivity contribution in [2.24, 2.45) is 5.41 Å². The average Bonchev–Trinajstić information content (AvgIpc) is 2.54. The van der Waals surface area contributed by atoms with E-state index in [-0.39, 0.29) is 23.4 Å². The van der Waals surface area contributed by atoms with Gasteiger partial charge in [-0.05, 0) is 24.3 Å². The van der Waals surface area contributed by atoms with Gasteiger partial charge in [0.05, 0.1) is 31.9 Å². The lowest BCUT2D eigenvalue weighted by Gasteiger charge is -2.50. The van der Waals surface area contributed by atoms with E-state index >= 15 is 0 Å². The SMILES string of the molecule is CC12COC(CNC(=O)c3ccc(C(=O)O)cc3)(OC1)OC2. The zero-order valence-corrected chi connectivity index (χ0v) is 12.1. The molecule has 22 heavy (non-hydrogen) atoms. The molecule has 3 fully saturated rings. The van der Waals surface area contributed by atoms with Gasteiger partial charge in [-0.25, -0.2) is 4.79 Å². The third kappa shape index (κ3) is 2.83. The molecule has 4 rings (SSSR count). The Morgan fingerprint density at radius 3 is 2.09 bits per heavy atom. The summed E-state index contributed by atoms with van der Waals surface area (Å²) in [5.41, 5.74) is 0.361. The van der Waals surface area contributed by atoms with Crippen molar-refractivity contribution in [3.63, 3.8) is 0 Å². The van der Waals surface area contributed by atoms with Crippen LogP contribution in [-0.2, 0) is 14.2 Å². The minimum Gasteiger partial charge on any atom is -0.478 e. The largest absolute Gasteiger partial charge is 0.478 e. The summed E-state index contributed by atoms with van der Waals surface area (Å²) >= 11 is 0. The van der Waals surface area contributed by atoms with E-state index < -0.39 is 11.9 Å². The second-order valence-corrected chi connectivity index (χ2v) is 5.92. The summed E-state index contributed by atoms with van der Waals surface area (Å²) in [4.78, 5) is 22.9. The summed E-state index contributed by atoms with van der Waals surface area (Å²) in [6.07, 6.45) is 0. The molecular formula is C15H17NO6. The summed E-state index contributed by atoms with van der Waals surface area (Å²) in [5.74, 6) is -2.59. The number of carboxylic acids is 1. The number of carbonyl (C=O) groups excluding carboxylic acids is 1. The zero-order valence-electron chi connectivity index (χ0n) is 12.1. The second kappa shape index (κ2) is 5.35. The van der Waals surface area contributed by atoms with Crippen LogP contribution in [0, 0.1) is 5.41 Å². The molecule has 7 heteroatoms. The van der Waals surface area contributed by atoms with Gasteiger partial charge in [0.1, 0.15) is 0 Å². The summed E-state index contributed by atoms with van der Waals surface area (Å²) in [6.45, 7) is 3.66. The van der Waals surface area contributed by atoms with Gasteiger partial charge in [-0.3, -0.25) is 4.79 Å². The molecule has 1 amide bonds. The molecule has 7 nitrogen and oxygen atoms in total. The van der Waals surface area contributed by atoms with Gasteiger partial charge in [-0.15, -0.1) is 0 Å². The lowest BCUT2D eigenvalue weighted by atomic mass is 9.92.